The third kappa shape index (κ3) is 1.77. The molecule has 0 bridgehead atoms. The fourth-order valence-corrected chi connectivity index (χ4v) is 3.00. The highest BCUT2D eigenvalue weighted by Crippen LogP contribution is 2.36. The summed E-state index contributed by atoms with van der Waals surface area (Å²) in [5.41, 5.74) is 2.28. The number of hydrogen-bond acceptors (Lipinski definition) is 2. The maximum absolute atomic E-state index is 11.8. The quantitative estimate of drug-likeness (QED) is 0.834. The first-order valence-electron chi connectivity index (χ1n) is 6.61. The van der Waals surface area contributed by atoms with Gasteiger partial charge in [-0.15, -0.1) is 0 Å². The van der Waals surface area contributed by atoms with Gasteiger partial charge in [0.05, 0.1) is 5.69 Å². The van der Waals surface area contributed by atoms with Crippen LogP contribution in [0.4, 0.5) is 10.5 Å². The normalized spacial score (nSPS) is 27.6. The third-order valence-corrected chi connectivity index (χ3v) is 4.01. The molecule has 1 unspecified atom stereocenters. The highest BCUT2D eigenvalue weighted by molar-refractivity contribution is 5.95. The van der Waals surface area contributed by atoms with Crippen LogP contribution < -0.4 is 15.5 Å². The number of benzene rings is 1. The predicted molar refractivity (Wildman–Crippen MR) is 71.8 cm³/mol. The van der Waals surface area contributed by atoms with Gasteiger partial charge in [0.15, 0.2) is 0 Å². The van der Waals surface area contributed by atoms with Crippen molar-refractivity contribution in [1.29, 1.82) is 0 Å². The van der Waals surface area contributed by atoms with Gasteiger partial charge in [-0.05, 0) is 37.9 Å². The van der Waals surface area contributed by atoms with E-state index in [1.807, 2.05) is 17.0 Å². The number of urea groups is 1. The average Bonchev–Trinajstić information content (AvgIpc) is 2.99. The van der Waals surface area contributed by atoms with Gasteiger partial charge in [0.25, 0.3) is 0 Å². The molecule has 18 heavy (non-hydrogen) atoms. The van der Waals surface area contributed by atoms with Crippen molar-refractivity contribution in [3.8, 4) is 0 Å². The minimum Gasteiger partial charge on any atom is -0.336 e. The van der Waals surface area contributed by atoms with Gasteiger partial charge in [0.1, 0.15) is 0 Å². The number of para-hydroxylation sites is 1. The molecule has 0 spiro atoms. The highest BCUT2D eigenvalue weighted by atomic mass is 16.2. The van der Waals surface area contributed by atoms with Crippen molar-refractivity contribution in [1.82, 2.24) is 10.6 Å². The smallest absolute Gasteiger partial charge is 0.322 e. The summed E-state index contributed by atoms with van der Waals surface area (Å²) in [5.74, 6) is 0. The monoisotopic (exact) mass is 245 g/mol. The van der Waals surface area contributed by atoms with Crippen LogP contribution in [0.1, 0.15) is 25.3 Å². The van der Waals surface area contributed by atoms with Crippen LogP contribution in [0.5, 0.6) is 0 Å². The summed E-state index contributed by atoms with van der Waals surface area (Å²) in [6.45, 7) is 4.77. The highest BCUT2D eigenvalue weighted by Gasteiger charge is 2.34. The molecule has 2 aliphatic rings. The molecule has 2 heterocycles. The minimum atomic E-state index is -0.000532. The van der Waals surface area contributed by atoms with E-state index in [-0.39, 0.29) is 11.6 Å². The zero-order valence-corrected chi connectivity index (χ0v) is 10.7. The minimum absolute atomic E-state index is 0.000532. The van der Waals surface area contributed by atoms with Crippen molar-refractivity contribution in [2.45, 2.75) is 25.3 Å². The van der Waals surface area contributed by atoms with Crippen LogP contribution in [0.2, 0.25) is 0 Å². The molecule has 0 aliphatic carbocycles. The van der Waals surface area contributed by atoms with Gasteiger partial charge in [0, 0.05) is 18.6 Å². The lowest BCUT2D eigenvalue weighted by Gasteiger charge is -2.30. The van der Waals surface area contributed by atoms with Crippen molar-refractivity contribution < 1.29 is 4.79 Å². The molecule has 0 radical (unpaired) electrons. The van der Waals surface area contributed by atoms with E-state index < -0.39 is 0 Å². The second-order valence-corrected chi connectivity index (χ2v) is 5.26. The second-order valence-electron chi connectivity index (χ2n) is 5.26. The molecule has 4 heteroatoms. The number of carbonyl (C=O) groups excluding carboxylic acids is 1. The molecule has 0 aromatic heterocycles. The first-order chi connectivity index (χ1) is 8.71. The molecule has 2 N–H and O–H groups in total. The molecule has 3 rings (SSSR count). The molecule has 1 atom stereocenters. The summed E-state index contributed by atoms with van der Waals surface area (Å²) in [4.78, 5) is 13.7. The van der Waals surface area contributed by atoms with Crippen molar-refractivity contribution >= 4 is 11.7 Å². The van der Waals surface area contributed by atoms with E-state index in [0.717, 1.165) is 31.7 Å². The number of nitrogens with one attached hydrogen (secondary N) is 2. The second kappa shape index (κ2) is 4.28. The Balaban J connectivity index is 2.02. The Labute approximate surface area is 107 Å². The van der Waals surface area contributed by atoms with Crippen molar-refractivity contribution in [2.75, 3.05) is 24.5 Å². The Morgan fingerprint density at radius 3 is 2.78 bits per heavy atom. The number of nitrogens with zero attached hydrogens (tertiary/aromatic N) is 1. The fourth-order valence-electron chi connectivity index (χ4n) is 3.00. The lowest BCUT2D eigenvalue weighted by molar-refractivity contribution is 0.252. The Morgan fingerprint density at radius 2 is 2.11 bits per heavy atom. The molecule has 2 amide bonds. The molecular formula is C14H19N3O. The van der Waals surface area contributed by atoms with Crippen molar-refractivity contribution in [3.63, 3.8) is 0 Å². The van der Waals surface area contributed by atoms with Crippen LogP contribution in [0.15, 0.2) is 24.3 Å². The largest absolute Gasteiger partial charge is 0.336 e. The zero-order chi connectivity index (χ0) is 12.6. The summed E-state index contributed by atoms with van der Waals surface area (Å²) in [7, 11) is 0. The van der Waals surface area contributed by atoms with Gasteiger partial charge in [-0.2, -0.15) is 0 Å². The zero-order valence-electron chi connectivity index (χ0n) is 10.7. The predicted octanol–water partition coefficient (Wildman–Crippen LogP) is 1.81. The third-order valence-electron chi connectivity index (χ3n) is 4.01. The van der Waals surface area contributed by atoms with Gasteiger partial charge in [-0.25, -0.2) is 4.79 Å². The van der Waals surface area contributed by atoms with Gasteiger partial charge < -0.3 is 10.6 Å². The molecule has 0 saturated carbocycles. The molecule has 2 aliphatic heterocycles. The first kappa shape index (κ1) is 11.5. The van der Waals surface area contributed by atoms with E-state index >= 15 is 0 Å². The maximum atomic E-state index is 11.8. The lowest BCUT2D eigenvalue weighted by atomic mass is 9.89. The van der Waals surface area contributed by atoms with Crippen molar-refractivity contribution in [3.05, 3.63) is 29.8 Å². The van der Waals surface area contributed by atoms with E-state index in [4.69, 9.17) is 0 Å². The first-order valence-corrected chi connectivity index (χ1v) is 6.61. The Kier molecular flexibility index (Phi) is 2.74. The van der Waals surface area contributed by atoms with Crippen LogP contribution in [-0.4, -0.2) is 25.7 Å². The Hall–Kier alpha value is -1.55. The number of anilines is 1. The van der Waals surface area contributed by atoms with Crippen LogP contribution in [0.25, 0.3) is 0 Å². The van der Waals surface area contributed by atoms with Gasteiger partial charge in [-0.1, -0.05) is 18.2 Å². The maximum Gasteiger partial charge on any atom is 0.322 e. The van der Waals surface area contributed by atoms with E-state index in [1.165, 1.54) is 12.0 Å². The van der Waals surface area contributed by atoms with Crippen LogP contribution >= 0.6 is 0 Å². The van der Waals surface area contributed by atoms with Crippen molar-refractivity contribution in [2.24, 2.45) is 0 Å². The average molecular weight is 245 g/mol. The van der Waals surface area contributed by atoms with Crippen LogP contribution in [0, 0.1) is 0 Å². The summed E-state index contributed by atoms with van der Waals surface area (Å²) >= 11 is 0. The molecule has 4 nitrogen and oxygen atoms in total. The Morgan fingerprint density at radius 1 is 1.28 bits per heavy atom. The summed E-state index contributed by atoms with van der Waals surface area (Å²) in [6.07, 6.45) is 2.32. The summed E-state index contributed by atoms with van der Waals surface area (Å²) in [5, 5.41) is 6.43. The molecule has 2 fully saturated rings. The van der Waals surface area contributed by atoms with Gasteiger partial charge in [0.2, 0.25) is 0 Å². The topological polar surface area (TPSA) is 44.4 Å². The molecule has 1 aromatic rings. The van der Waals surface area contributed by atoms with E-state index in [0.29, 0.717) is 0 Å². The Bertz CT molecular complexity index is 466. The number of carbonyl (C=O) groups is 1. The number of amides is 2. The molecule has 1 aromatic carbocycles. The number of rotatable bonds is 2. The SMILES string of the molecule is CC1(c2ccccc2N2CCNC2=O)CCCN1. The molecule has 96 valence electrons. The van der Waals surface area contributed by atoms with Crippen LogP contribution in [0.3, 0.4) is 0 Å². The van der Waals surface area contributed by atoms with E-state index in [1.54, 1.807) is 0 Å². The van der Waals surface area contributed by atoms with E-state index in [2.05, 4.69) is 29.7 Å². The molecular weight excluding hydrogens is 226 g/mol. The number of hydrogen-bond donors (Lipinski definition) is 2. The van der Waals surface area contributed by atoms with Gasteiger partial charge >= 0.3 is 6.03 Å². The fraction of sp³-hybridized carbons (Fsp3) is 0.500. The van der Waals surface area contributed by atoms with Crippen LogP contribution in [-0.2, 0) is 5.54 Å². The summed E-state index contributed by atoms with van der Waals surface area (Å²) in [6, 6.07) is 8.26. The van der Waals surface area contributed by atoms with Gasteiger partial charge in [-0.3, -0.25) is 4.90 Å². The summed E-state index contributed by atoms with van der Waals surface area (Å²) < 4.78 is 0. The molecule has 2 saturated heterocycles. The van der Waals surface area contributed by atoms with E-state index in [9.17, 15) is 4.79 Å². The lowest BCUT2D eigenvalue weighted by Crippen LogP contribution is -2.37. The standard InChI is InChI=1S/C14H19N3O/c1-14(7-4-8-16-14)11-5-2-3-6-12(11)17-10-9-15-13(17)18/h2-3,5-6,16H,4,7-10H2,1H3,(H,15,18).